The highest BCUT2D eigenvalue weighted by Crippen LogP contribution is 2.20. The molecule has 19 heavy (non-hydrogen) atoms. The lowest BCUT2D eigenvalue weighted by atomic mass is 10.1. The predicted molar refractivity (Wildman–Crippen MR) is 80.0 cm³/mol. The highest BCUT2D eigenvalue weighted by Gasteiger charge is 2.21. The van der Waals surface area contributed by atoms with Gasteiger partial charge in [0.1, 0.15) is 11.0 Å². The van der Waals surface area contributed by atoms with E-state index in [1.807, 2.05) is 45.0 Å². The van der Waals surface area contributed by atoms with E-state index >= 15 is 0 Å². The second-order valence-corrected chi connectivity index (χ2v) is 6.14. The van der Waals surface area contributed by atoms with Crippen molar-refractivity contribution in [3.8, 4) is 5.75 Å². The summed E-state index contributed by atoms with van der Waals surface area (Å²) in [5.74, 6) is 1.12. The first-order valence-electron chi connectivity index (χ1n) is 6.54. The number of aliphatic carboxylic acids is 1. The molecule has 1 N–H and O–H groups in total. The first kappa shape index (κ1) is 15.9. The zero-order valence-corrected chi connectivity index (χ0v) is 12.6. The highest BCUT2D eigenvalue weighted by molar-refractivity contribution is 8.00. The molecular weight excluding hydrogens is 260 g/mol. The van der Waals surface area contributed by atoms with E-state index in [4.69, 9.17) is 9.84 Å². The number of carboxylic acids is 1. The Bertz CT molecular complexity index is 404. The van der Waals surface area contributed by atoms with E-state index in [1.165, 1.54) is 17.3 Å². The van der Waals surface area contributed by atoms with Crippen LogP contribution in [0.3, 0.4) is 0 Å². The van der Waals surface area contributed by atoms with Crippen LogP contribution in [0, 0.1) is 12.8 Å². The van der Waals surface area contributed by atoms with Gasteiger partial charge in [-0.25, -0.2) is 0 Å². The summed E-state index contributed by atoms with van der Waals surface area (Å²) in [7, 11) is 0. The SMILES string of the molecule is Cc1cccc(OCCCSC(C(=O)O)C(C)C)c1. The second-order valence-electron chi connectivity index (χ2n) is 4.89. The summed E-state index contributed by atoms with van der Waals surface area (Å²) < 4.78 is 5.63. The van der Waals surface area contributed by atoms with Crippen molar-refractivity contribution in [3.05, 3.63) is 29.8 Å². The fourth-order valence-electron chi connectivity index (χ4n) is 1.71. The lowest BCUT2D eigenvalue weighted by Crippen LogP contribution is -2.23. The topological polar surface area (TPSA) is 46.5 Å². The van der Waals surface area contributed by atoms with Crippen molar-refractivity contribution < 1.29 is 14.6 Å². The maximum absolute atomic E-state index is 11.0. The number of aryl methyl sites for hydroxylation is 1. The van der Waals surface area contributed by atoms with Crippen molar-refractivity contribution in [1.29, 1.82) is 0 Å². The van der Waals surface area contributed by atoms with E-state index in [0.29, 0.717) is 6.61 Å². The van der Waals surface area contributed by atoms with Gasteiger partial charge in [0.25, 0.3) is 0 Å². The van der Waals surface area contributed by atoms with Crippen molar-refractivity contribution in [1.82, 2.24) is 0 Å². The van der Waals surface area contributed by atoms with Crippen LogP contribution in [-0.4, -0.2) is 28.7 Å². The minimum Gasteiger partial charge on any atom is -0.494 e. The van der Waals surface area contributed by atoms with Gasteiger partial charge in [0, 0.05) is 0 Å². The zero-order valence-electron chi connectivity index (χ0n) is 11.8. The molecule has 1 rings (SSSR count). The summed E-state index contributed by atoms with van der Waals surface area (Å²) in [5.41, 5.74) is 1.18. The molecule has 0 aliphatic carbocycles. The van der Waals surface area contributed by atoms with E-state index in [9.17, 15) is 4.79 Å². The Balaban J connectivity index is 2.22. The van der Waals surface area contributed by atoms with Crippen LogP contribution < -0.4 is 4.74 Å². The van der Waals surface area contributed by atoms with Gasteiger partial charge in [0.15, 0.2) is 0 Å². The molecule has 0 amide bonds. The van der Waals surface area contributed by atoms with Crippen LogP contribution in [0.5, 0.6) is 5.75 Å². The van der Waals surface area contributed by atoms with Gasteiger partial charge in [-0.1, -0.05) is 26.0 Å². The number of hydrogen-bond donors (Lipinski definition) is 1. The van der Waals surface area contributed by atoms with Gasteiger partial charge in [0.05, 0.1) is 6.61 Å². The normalized spacial score (nSPS) is 12.4. The molecule has 0 spiro atoms. The average molecular weight is 282 g/mol. The van der Waals surface area contributed by atoms with Gasteiger partial charge in [0.2, 0.25) is 0 Å². The maximum Gasteiger partial charge on any atom is 0.316 e. The number of hydrogen-bond acceptors (Lipinski definition) is 3. The van der Waals surface area contributed by atoms with Gasteiger partial charge in [-0.3, -0.25) is 4.79 Å². The molecule has 1 atom stereocenters. The van der Waals surface area contributed by atoms with E-state index in [-0.39, 0.29) is 11.2 Å². The van der Waals surface area contributed by atoms with Crippen LogP contribution in [0.4, 0.5) is 0 Å². The van der Waals surface area contributed by atoms with Gasteiger partial charge in [-0.2, -0.15) is 0 Å². The predicted octanol–water partition coefficient (Wildman–Crippen LogP) is 3.61. The molecule has 0 bridgehead atoms. The Morgan fingerprint density at radius 3 is 2.74 bits per heavy atom. The summed E-state index contributed by atoms with van der Waals surface area (Å²) in [5, 5.41) is 8.74. The number of benzene rings is 1. The maximum atomic E-state index is 11.0. The number of ether oxygens (including phenoxy) is 1. The first-order chi connectivity index (χ1) is 9.00. The number of rotatable bonds is 8. The average Bonchev–Trinajstić information content (AvgIpc) is 2.32. The number of thioether (sulfide) groups is 1. The standard InChI is InChI=1S/C15H22O3S/c1-11(2)14(15(16)17)19-9-5-8-18-13-7-4-6-12(3)10-13/h4,6-7,10-11,14H,5,8-9H2,1-3H3,(H,16,17). The lowest BCUT2D eigenvalue weighted by molar-refractivity contribution is -0.137. The molecule has 0 fully saturated rings. The number of carboxylic acid groups (broad SMARTS) is 1. The van der Waals surface area contributed by atoms with Gasteiger partial charge < -0.3 is 9.84 Å². The molecule has 1 unspecified atom stereocenters. The fourth-order valence-corrected chi connectivity index (χ4v) is 2.78. The Kier molecular flexibility index (Phi) is 6.78. The largest absolute Gasteiger partial charge is 0.494 e. The molecular formula is C15H22O3S. The molecule has 0 aliphatic heterocycles. The van der Waals surface area contributed by atoms with Crippen LogP contribution >= 0.6 is 11.8 Å². The number of carbonyl (C=O) groups is 1. The minimum absolute atomic E-state index is 0.153. The molecule has 0 aliphatic rings. The molecule has 0 saturated heterocycles. The summed E-state index contributed by atoms with van der Waals surface area (Å²) in [6.07, 6.45) is 0.856. The zero-order chi connectivity index (χ0) is 14.3. The van der Waals surface area contributed by atoms with Crippen LogP contribution in [0.25, 0.3) is 0 Å². The van der Waals surface area contributed by atoms with E-state index in [2.05, 4.69) is 0 Å². The van der Waals surface area contributed by atoms with Gasteiger partial charge in [-0.05, 0) is 42.7 Å². The van der Waals surface area contributed by atoms with Crippen molar-refractivity contribution in [2.75, 3.05) is 12.4 Å². The molecule has 0 radical (unpaired) electrons. The Hall–Kier alpha value is -1.16. The minimum atomic E-state index is -0.723. The smallest absolute Gasteiger partial charge is 0.316 e. The van der Waals surface area contributed by atoms with Gasteiger partial charge in [-0.15, -0.1) is 11.8 Å². The summed E-state index contributed by atoms with van der Waals surface area (Å²) >= 11 is 1.50. The van der Waals surface area contributed by atoms with Crippen LogP contribution in [0.15, 0.2) is 24.3 Å². The molecule has 106 valence electrons. The molecule has 1 aromatic rings. The molecule has 0 heterocycles. The molecule has 3 nitrogen and oxygen atoms in total. The molecule has 4 heteroatoms. The van der Waals surface area contributed by atoms with E-state index < -0.39 is 5.97 Å². The van der Waals surface area contributed by atoms with Gasteiger partial charge >= 0.3 is 5.97 Å². The highest BCUT2D eigenvalue weighted by atomic mass is 32.2. The Morgan fingerprint density at radius 2 is 2.16 bits per heavy atom. The van der Waals surface area contributed by atoms with Crippen molar-refractivity contribution in [2.24, 2.45) is 5.92 Å². The van der Waals surface area contributed by atoms with Crippen LogP contribution in [0.2, 0.25) is 0 Å². The quantitative estimate of drug-likeness (QED) is 0.740. The summed E-state index contributed by atoms with van der Waals surface area (Å²) in [4.78, 5) is 11.0. The van der Waals surface area contributed by atoms with Crippen molar-refractivity contribution in [2.45, 2.75) is 32.4 Å². The fraction of sp³-hybridized carbons (Fsp3) is 0.533. The Labute approximate surface area is 119 Å². The van der Waals surface area contributed by atoms with Crippen molar-refractivity contribution in [3.63, 3.8) is 0 Å². The molecule has 0 aromatic heterocycles. The summed E-state index contributed by atoms with van der Waals surface area (Å²) in [6, 6.07) is 7.94. The lowest BCUT2D eigenvalue weighted by Gasteiger charge is -2.15. The first-order valence-corrected chi connectivity index (χ1v) is 7.59. The molecule has 1 aromatic carbocycles. The summed E-state index contributed by atoms with van der Waals surface area (Å²) in [6.45, 7) is 6.54. The monoisotopic (exact) mass is 282 g/mol. The van der Waals surface area contributed by atoms with E-state index in [1.54, 1.807) is 0 Å². The van der Waals surface area contributed by atoms with Crippen molar-refractivity contribution >= 4 is 17.7 Å². The third kappa shape index (κ3) is 6.01. The molecule has 0 saturated carbocycles. The van der Waals surface area contributed by atoms with Crippen LogP contribution in [-0.2, 0) is 4.79 Å². The third-order valence-corrected chi connectivity index (χ3v) is 4.32. The Morgan fingerprint density at radius 1 is 1.42 bits per heavy atom. The van der Waals surface area contributed by atoms with Crippen LogP contribution in [0.1, 0.15) is 25.8 Å². The van der Waals surface area contributed by atoms with E-state index in [0.717, 1.165) is 17.9 Å². The second kappa shape index (κ2) is 8.10. The third-order valence-electron chi connectivity index (χ3n) is 2.69.